The van der Waals surface area contributed by atoms with Crippen molar-refractivity contribution in [2.24, 2.45) is 0 Å². The lowest BCUT2D eigenvalue weighted by Gasteiger charge is -2.11. The summed E-state index contributed by atoms with van der Waals surface area (Å²) in [6.45, 7) is 0. The normalized spacial score (nSPS) is 10.6. The van der Waals surface area contributed by atoms with E-state index in [-0.39, 0.29) is 59.2 Å². The smallest absolute Gasteiger partial charge is 0.340 e. The maximum atomic E-state index is 11.4. The van der Waals surface area contributed by atoms with E-state index in [0.717, 1.165) is 0 Å². The Kier molecular flexibility index (Phi) is 12.9. The molecule has 6 aromatic carbocycles. The average molecular weight is 910 g/mol. The van der Waals surface area contributed by atoms with E-state index in [1.807, 2.05) is 0 Å². The minimum Gasteiger partial charge on any atom is -0.492 e. The third-order valence-electron chi connectivity index (χ3n) is 9.50. The third kappa shape index (κ3) is 8.70. The van der Waals surface area contributed by atoms with Crippen LogP contribution < -0.4 is 19.1 Å². The van der Waals surface area contributed by atoms with Crippen LogP contribution in [0.1, 0.15) is 0 Å². The second-order valence-electron chi connectivity index (χ2n) is 13.1. The van der Waals surface area contributed by atoms with E-state index in [1.54, 1.807) is 36.4 Å². The van der Waals surface area contributed by atoms with Gasteiger partial charge in [-0.1, -0.05) is 0 Å². The summed E-state index contributed by atoms with van der Waals surface area (Å²) in [5.74, 6) is 1.09. The molecule has 0 aliphatic heterocycles. The molecule has 0 spiro atoms. The molecule has 0 amide bonds. The third-order valence-corrected chi connectivity index (χ3v) is 9.50. The fraction of sp³-hybridized carbons (Fsp3) is 0.0500. The van der Waals surface area contributed by atoms with Crippen LogP contribution in [0.5, 0.6) is 11.5 Å². The summed E-state index contributed by atoms with van der Waals surface area (Å²) in [5, 5.41) is 64.1. The number of rotatable bonds is 13. The Bertz CT molecular complexity index is 2850. The van der Waals surface area contributed by atoms with Crippen LogP contribution in [0, 0.1) is 40.5 Å². The van der Waals surface area contributed by atoms with Crippen molar-refractivity contribution in [3.63, 3.8) is 0 Å². The molecule has 0 saturated heterocycles. The maximum absolute atomic E-state index is 11.4. The second kappa shape index (κ2) is 18.5. The molecule has 322 valence electrons. The molecule has 64 heavy (non-hydrogen) atoms. The number of non-ortho nitro benzene ring substituents is 4. The van der Waals surface area contributed by atoms with Crippen LogP contribution >= 0.6 is 24.8 Å². The van der Waals surface area contributed by atoms with Crippen LogP contribution in [0.4, 0.5) is 22.7 Å². The summed E-state index contributed by atoms with van der Waals surface area (Å²) in [5.41, 5.74) is 3.48. The minimum atomic E-state index is -0.521. The van der Waals surface area contributed by atoms with Gasteiger partial charge in [-0.2, -0.15) is 0 Å². The molecule has 24 heteroatoms. The predicted octanol–water partition coefficient (Wildman–Crippen LogP) is 6.90. The number of nitro groups is 4. The first-order chi connectivity index (χ1) is 29.9. The van der Waals surface area contributed by atoms with Crippen LogP contribution in [0.2, 0.25) is 0 Å². The van der Waals surface area contributed by atoms with E-state index in [2.05, 4.69) is 10.2 Å². The Morgan fingerprint density at radius 2 is 0.719 bits per heavy atom. The number of nitrogens with zero attached hydrogens (tertiary/aromatic N) is 12. The fourth-order valence-electron chi connectivity index (χ4n) is 6.37. The van der Waals surface area contributed by atoms with Gasteiger partial charge in [-0.05, 0) is 116 Å². The van der Waals surface area contributed by atoms with E-state index in [4.69, 9.17) is 19.7 Å². The molecule has 0 N–H and O–H groups in total. The summed E-state index contributed by atoms with van der Waals surface area (Å²) >= 11 is 0. The number of aromatic nitrogens is 8. The van der Waals surface area contributed by atoms with Gasteiger partial charge in [0.2, 0.25) is 11.4 Å². The van der Waals surface area contributed by atoms with Gasteiger partial charge in [0, 0.05) is 58.1 Å². The Labute approximate surface area is 371 Å². The molecule has 2 aromatic heterocycles. The number of nitro benzene ring substituents is 4. The van der Waals surface area contributed by atoms with Gasteiger partial charge in [-0.25, -0.2) is 0 Å². The Morgan fingerprint density at radius 3 is 1.00 bits per heavy atom. The monoisotopic (exact) mass is 908 g/mol. The molecule has 0 saturated carbocycles. The van der Waals surface area contributed by atoms with Gasteiger partial charge in [-0.15, -0.1) is 24.8 Å². The van der Waals surface area contributed by atoms with E-state index in [1.165, 1.54) is 130 Å². The van der Waals surface area contributed by atoms with Gasteiger partial charge in [0.05, 0.1) is 55.2 Å². The lowest BCUT2D eigenvalue weighted by molar-refractivity contribution is -0.734. The molecule has 0 aliphatic rings. The topological polar surface area (TPSA) is 260 Å². The zero-order chi connectivity index (χ0) is 43.7. The Balaban J connectivity index is 0.00000340. The average Bonchev–Trinajstić information content (AvgIpc) is 3.95. The molecule has 0 radical (unpaired) electrons. The first-order valence-corrected chi connectivity index (χ1v) is 18.1. The van der Waals surface area contributed by atoms with Gasteiger partial charge < -0.3 is 9.47 Å². The lowest BCUT2D eigenvalue weighted by Crippen LogP contribution is -2.43. The van der Waals surface area contributed by atoms with Crippen molar-refractivity contribution in [2.75, 3.05) is 14.2 Å². The summed E-state index contributed by atoms with van der Waals surface area (Å²) in [6.07, 6.45) is 0. The molecule has 8 rings (SSSR count). The van der Waals surface area contributed by atoms with Crippen LogP contribution in [0.25, 0.3) is 56.7 Å². The second-order valence-corrected chi connectivity index (χ2v) is 13.1. The minimum absolute atomic E-state index is 0. The van der Waals surface area contributed by atoms with Gasteiger partial charge in [0.25, 0.3) is 22.7 Å². The SMILES string of the molecule is COc1cc(-c2ccc(-[n+]3nc(-c4ccc([N+](=O)[O-])cc4)nn3-c3ccc([N+](=O)[O-])cc3)c(OC)c2)ccc1-[n+]1nc(-c2ccc([N+](=O)[O-])cc2)nn1-c1ccc([N+](=O)[O-])cc1.Cl.Cl. The van der Waals surface area contributed by atoms with E-state index >= 15 is 0 Å². The number of halogens is 2. The summed E-state index contributed by atoms with van der Waals surface area (Å²) in [4.78, 5) is 49.0. The van der Waals surface area contributed by atoms with Crippen LogP contribution in [-0.2, 0) is 0 Å². The number of hydrogen-bond acceptors (Lipinski definition) is 14. The summed E-state index contributed by atoms with van der Waals surface area (Å²) < 4.78 is 11.7. The van der Waals surface area contributed by atoms with Crippen molar-refractivity contribution in [3.05, 3.63) is 174 Å². The number of tetrazole rings is 2. The van der Waals surface area contributed by atoms with E-state index < -0.39 is 19.7 Å². The summed E-state index contributed by atoms with van der Waals surface area (Å²) in [7, 11) is 2.95. The van der Waals surface area contributed by atoms with Crippen molar-refractivity contribution < 1.29 is 38.8 Å². The number of hydrogen-bond donors (Lipinski definition) is 0. The molecule has 0 aliphatic carbocycles. The zero-order valence-electron chi connectivity index (χ0n) is 33.0. The van der Waals surface area contributed by atoms with Crippen LogP contribution in [-0.4, -0.2) is 63.9 Å². The molecule has 0 unspecified atom stereocenters. The largest absolute Gasteiger partial charge is 0.492 e. The highest BCUT2D eigenvalue weighted by Crippen LogP contribution is 2.32. The highest BCUT2D eigenvalue weighted by Gasteiger charge is 2.29. The van der Waals surface area contributed by atoms with Gasteiger partial charge in [0.15, 0.2) is 11.5 Å². The highest BCUT2D eigenvalue weighted by molar-refractivity contribution is 5.85. The molecule has 8 aromatic rings. The van der Waals surface area contributed by atoms with Gasteiger partial charge in [0.1, 0.15) is 11.4 Å². The molecule has 2 heterocycles. The number of benzene rings is 6. The van der Waals surface area contributed by atoms with Gasteiger partial charge >= 0.3 is 11.6 Å². The molecule has 0 atom stereocenters. The number of ether oxygens (including phenoxy) is 2. The van der Waals surface area contributed by atoms with Crippen molar-refractivity contribution in [1.82, 2.24) is 30.0 Å². The fourth-order valence-corrected chi connectivity index (χ4v) is 6.37. The zero-order valence-corrected chi connectivity index (χ0v) is 34.6. The number of methoxy groups -OCH3 is 2. The molecular formula is C40H30Cl2N12O10+2. The first-order valence-electron chi connectivity index (χ1n) is 18.1. The van der Waals surface area contributed by atoms with E-state index in [0.29, 0.717) is 56.5 Å². The molecule has 0 fully saturated rings. The predicted molar refractivity (Wildman–Crippen MR) is 230 cm³/mol. The quantitative estimate of drug-likeness (QED) is 0.0648. The molecular weight excluding hydrogens is 879 g/mol. The van der Waals surface area contributed by atoms with Crippen molar-refractivity contribution in [1.29, 1.82) is 0 Å². The van der Waals surface area contributed by atoms with Crippen LogP contribution in [0.3, 0.4) is 0 Å². The lowest BCUT2D eigenvalue weighted by atomic mass is 10.0. The standard InChI is InChI=1S/C40H28N12O10.2ClH/c1-61-37-23-27(7-21-35(37)47-43-39(25-3-9-31(10-4-25)49(53)54)41-45(47)29-13-17-33(18-14-29)51(57)58)28-8-22-36(38(24-28)62-2)48-44-40(26-5-11-32(12-6-26)50(55)56)42-46(48)30-15-19-34(20-16-30)52(59)60;;/h3-24H,1-2H3;2*1H/q+2;;. The summed E-state index contributed by atoms with van der Waals surface area (Å²) in [6, 6.07) is 33.3. The first kappa shape index (κ1) is 44.8. The van der Waals surface area contributed by atoms with Crippen LogP contribution in [0.15, 0.2) is 133 Å². The maximum Gasteiger partial charge on any atom is 0.340 e. The Hall–Kier alpha value is -8.76. The Morgan fingerprint density at radius 1 is 0.438 bits per heavy atom. The molecule has 0 bridgehead atoms. The van der Waals surface area contributed by atoms with E-state index in [9.17, 15) is 40.5 Å². The van der Waals surface area contributed by atoms with Gasteiger partial charge in [-0.3, -0.25) is 40.5 Å². The van der Waals surface area contributed by atoms with Crippen molar-refractivity contribution in [2.45, 2.75) is 0 Å². The molecule has 22 nitrogen and oxygen atoms in total. The highest BCUT2D eigenvalue weighted by atomic mass is 35.5. The van der Waals surface area contributed by atoms with Crippen molar-refractivity contribution in [3.8, 4) is 68.2 Å². The van der Waals surface area contributed by atoms with Crippen molar-refractivity contribution >= 4 is 47.6 Å².